The van der Waals surface area contributed by atoms with Gasteiger partial charge in [-0.05, 0) is 62.4 Å². The van der Waals surface area contributed by atoms with Crippen LogP contribution in [0.4, 0.5) is 11.4 Å². The number of aliphatic hydroxyl groups is 1. The molecule has 3 aliphatic rings. The van der Waals surface area contributed by atoms with Crippen LogP contribution >= 0.6 is 11.8 Å². The molecule has 3 fully saturated rings. The molecule has 222 valence electrons. The minimum Gasteiger partial charge on any atom is -0.394 e. The molecule has 3 unspecified atom stereocenters. The summed E-state index contributed by atoms with van der Waals surface area (Å²) in [6.07, 6.45) is 4.13. The van der Waals surface area contributed by atoms with E-state index in [0.717, 1.165) is 28.9 Å². The van der Waals surface area contributed by atoms with Crippen molar-refractivity contribution < 1.29 is 19.5 Å². The van der Waals surface area contributed by atoms with Crippen LogP contribution in [0.1, 0.15) is 31.4 Å². The quantitative estimate of drug-likeness (QED) is 0.406. The molecule has 0 aliphatic carbocycles. The lowest BCUT2D eigenvalue weighted by Gasteiger charge is -2.42. The number of carbonyl (C=O) groups excluding carboxylic acids is 3. The van der Waals surface area contributed by atoms with Gasteiger partial charge in [0.25, 0.3) is 5.91 Å². The van der Waals surface area contributed by atoms with Crippen molar-refractivity contribution in [3.8, 4) is 0 Å². The third-order valence-electron chi connectivity index (χ3n) is 9.32. The van der Waals surface area contributed by atoms with Crippen LogP contribution in [0.15, 0.2) is 73.8 Å². The van der Waals surface area contributed by atoms with Gasteiger partial charge in [0.05, 0.1) is 29.2 Å². The van der Waals surface area contributed by atoms with E-state index in [1.807, 2.05) is 62.4 Å². The van der Waals surface area contributed by atoms with Crippen LogP contribution < -0.4 is 9.80 Å². The molecule has 2 bridgehead atoms. The third kappa shape index (κ3) is 4.60. The van der Waals surface area contributed by atoms with Gasteiger partial charge in [-0.3, -0.25) is 14.4 Å². The number of hydrogen-bond acceptors (Lipinski definition) is 5. The predicted molar refractivity (Wildman–Crippen MR) is 170 cm³/mol. The molecule has 3 amide bonds. The molecule has 3 saturated heterocycles. The molecule has 0 aromatic heterocycles. The number of likely N-dealkylation sites (tertiary alicyclic amines) is 1. The van der Waals surface area contributed by atoms with Gasteiger partial charge in [-0.15, -0.1) is 24.9 Å². The first kappa shape index (κ1) is 30.1. The number of amides is 3. The van der Waals surface area contributed by atoms with E-state index in [9.17, 15) is 19.5 Å². The van der Waals surface area contributed by atoms with Gasteiger partial charge in [0.2, 0.25) is 11.8 Å². The molecule has 8 heteroatoms. The lowest BCUT2D eigenvalue weighted by atomic mass is 9.65. The van der Waals surface area contributed by atoms with Crippen molar-refractivity contribution in [3.63, 3.8) is 0 Å². The standard InChI is InChI=1S/C34H41N3O4S/c1-7-16-35(25-12-10-9-11-13-25)31(39)28-27-19-23(5)34(42-27)29(28)32(40)37(24(6)20-38)30(34)33(41)36(17-8-2)26-18-21(3)14-15-22(26)4/h7-15,18,23-24,27-30,38H,1-2,16-17,19-20H2,3-6H3/t23?,24-,27+,28-,29+,30?,34?/m1/s1. The zero-order valence-electron chi connectivity index (χ0n) is 24.9. The number of rotatable bonds is 10. The maximum Gasteiger partial charge on any atom is 0.251 e. The summed E-state index contributed by atoms with van der Waals surface area (Å²) in [6, 6.07) is 14.0. The van der Waals surface area contributed by atoms with Crippen LogP contribution in [-0.4, -0.2) is 69.5 Å². The van der Waals surface area contributed by atoms with E-state index in [1.165, 1.54) is 0 Å². The second-order valence-corrected chi connectivity index (χ2v) is 13.5. The minimum absolute atomic E-state index is 0.0177. The Morgan fingerprint density at radius 1 is 1.10 bits per heavy atom. The third-order valence-corrected chi connectivity index (χ3v) is 11.4. The second kappa shape index (κ2) is 11.7. The fraction of sp³-hybridized carbons (Fsp3) is 0.441. The zero-order valence-corrected chi connectivity index (χ0v) is 25.7. The molecule has 1 N–H and O–H groups in total. The smallest absolute Gasteiger partial charge is 0.251 e. The van der Waals surface area contributed by atoms with Gasteiger partial charge >= 0.3 is 0 Å². The van der Waals surface area contributed by atoms with Gasteiger partial charge in [-0.2, -0.15) is 0 Å². The first-order valence-corrected chi connectivity index (χ1v) is 15.6. The van der Waals surface area contributed by atoms with E-state index in [-0.39, 0.29) is 42.0 Å². The first-order valence-electron chi connectivity index (χ1n) is 14.7. The summed E-state index contributed by atoms with van der Waals surface area (Å²) in [6.45, 7) is 16.0. The van der Waals surface area contributed by atoms with Gasteiger partial charge in [0.1, 0.15) is 6.04 Å². The Kier molecular flexibility index (Phi) is 8.41. The van der Waals surface area contributed by atoms with Gasteiger partial charge in [-0.25, -0.2) is 0 Å². The van der Waals surface area contributed by atoms with Crippen molar-refractivity contribution in [1.82, 2.24) is 4.90 Å². The minimum atomic E-state index is -0.829. The lowest BCUT2D eigenvalue weighted by Crippen LogP contribution is -2.59. The highest BCUT2D eigenvalue weighted by atomic mass is 32.2. The Morgan fingerprint density at radius 2 is 1.76 bits per heavy atom. The van der Waals surface area contributed by atoms with E-state index in [2.05, 4.69) is 20.1 Å². The number of aryl methyl sites for hydroxylation is 2. The van der Waals surface area contributed by atoms with Crippen LogP contribution in [0.2, 0.25) is 0 Å². The van der Waals surface area contributed by atoms with Gasteiger partial charge in [0.15, 0.2) is 0 Å². The number of benzene rings is 2. The molecule has 1 spiro atoms. The number of thioether (sulfide) groups is 1. The van der Waals surface area contributed by atoms with Gasteiger partial charge in [-0.1, -0.05) is 49.4 Å². The molecule has 0 radical (unpaired) electrons. The molecule has 2 aromatic rings. The topological polar surface area (TPSA) is 81.2 Å². The molecule has 0 saturated carbocycles. The van der Waals surface area contributed by atoms with Crippen LogP contribution in [0.3, 0.4) is 0 Å². The Balaban J connectivity index is 1.62. The fourth-order valence-corrected chi connectivity index (χ4v) is 9.81. The SMILES string of the molecule is C=CCN(C(=O)[C@@H]1[C@@H]2CC(C)C3(S2)C(C(=O)N(CC=C)c2cc(C)ccc2C)N([C@H](C)CO)C(=O)[C@H]13)c1ccccc1. The van der Waals surface area contributed by atoms with E-state index in [4.69, 9.17) is 0 Å². The van der Waals surface area contributed by atoms with E-state index < -0.39 is 28.7 Å². The van der Waals surface area contributed by atoms with E-state index in [1.54, 1.807) is 45.5 Å². The number of nitrogens with zero attached hydrogens (tertiary/aromatic N) is 3. The summed E-state index contributed by atoms with van der Waals surface area (Å²) >= 11 is 1.64. The summed E-state index contributed by atoms with van der Waals surface area (Å²) in [5.74, 6) is -1.78. The van der Waals surface area contributed by atoms with Crippen LogP contribution in [-0.2, 0) is 14.4 Å². The number of hydrogen-bond donors (Lipinski definition) is 1. The van der Waals surface area contributed by atoms with Crippen LogP contribution in [0, 0.1) is 31.6 Å². The Morgan fingerprint density at radius 3 is 2.40 bits per heavy atom. The van der Waals surface area contributed by atoms with Gasteiger partial charge in [0, 0.05) is 29.7 Å². The van der Waals surface area contributed by atoms with Crippen molar-refractivity contribution >= 4 is 40.9 Å². The summed E-state index contributed by atoms with van der Waals surface area (Å²) in [4.78, 5) is 48.8. The number of fused-ring (bicyclic) bond motifs is 1. The summed E-state index contributed by atoms with van der Waals surface area (Å²) in [5.41, 5.74) is 3.50. The van der Waals surface area contributed by atoms with Gasteiger partial charge < -0.3 is 19.8 Å². The number of aliphatic hydroxyl groups excluding tert-OH is 1. The highest BCUT2D eigenvalue weighted by Gasteiger charge is 2.76. The Hall–Kier alpha value is -3.36. The Labute approximate surface area is 253 Å². The number of carbonyl (C=O) groups is 3. The van der Waals surface area contributed by atoms with Crippen molar-refractivity contribution in [2.45, 2.75) is 56.2 Å². The maximum absolute atomic E-state index is 14.9. The fourth-order valence-electron chi connectivity index (χ4n) is 7.42. The molecule has 2 aromatic carbocycles. The molecule has 7 nitrogen and oxygen atoms in total. The summed E-state index contributed by atoms with van der Waals surface area (Å²) in [7, 11) is 0. The normalized spacial score (nSPS) is 28.4. The molecule has 5 rings (SSSR count). The van der Waals surface area contributed by atoms with E-state index in [0.29, 0.717) is 6.54 Å². The monoisotopic (exact) mass is 587 g/mol. The van der Waals surface area contributed by atoms with Crippen molar-refractivity contribution in [2.75, 3.05) is 29.5 Å². The average molecular weight is 588 g/mol. The molecule has 3 heterocycles. The van der Waals surface area contributed by atoms with E-state index >= 15 is 0 Å². The highest BCUT2D eigenvalue weighted by molar-refractivity contribution is 8.02. The van der Waals surface area contributed by atoms with Crippen molar-refractivity contribution in [2.24, 2.45) is 17.8 Å². The molecular formula is C34H41N3O4S. The summed E-state index contributed by atoms with van der Waals surface area (Å²) < 4.78 is -0.795. The molecule has 7 atom stereocenters. The van der Waals surface area contributed by atoms with Crippen molar-refractivity contribution in [1.29, 1.82) is 0 Å². The summed E-state index contributed by atoms with van der Waals surface area (Å²) in [5, 5.41) is 10.2. The first-order chi connectivity index (χ1) is 20.1. The van der Waals surface area contributed by atoms with Crippen LogP contribution in [0.5, 0.6) is 0 Å². The second-order valence-electron chi connectivity index (χ2n) is 11.9. The molecular weight excluding hydrogens is 546 g/mol. The average Bonchev–Trinajstić information content (AvgIpc) is 3.59. The largest absolute Gasteiger partial charge is 0.394 e. The lowest BCUT2D eigenvalue weighted by molar-refractivity contribution is -0.141. The zero-order chi connectivity index (χ0) is 30.3. The number of para-hydroxylation sites is 1. The predicted octanol–water partition coefficient (Wildman–Crippen LogP) is 4.76. The van der Waals surface area contributed by atoms with Crippen molar-refractivity contribution in [3.05, 3.63) is 85.0 Å². The number of anilines is 2. The molecule has 42 heavy (non-hydrogen) atoms. The van der Waals surface area contributed by atoms with Crippen LogP contribution in [0.25, 0.3) is 0 Å². The highest BCUT2D eigenvalue weighted by Crippen LogP contribution is 2.69. The Bertz CT molecular complexity index is 1400. The maximum atomic E-state index is 14.9. The molecule has 3 aliphatic heterocycles.